The first-order chi connectivity index (χ1) is 14.0. The maximum Gasteiger partial charge on any atom is 0.293 e. The number of nitrogens with zero attached hydrogens (tertiary/aromatic N) is 1. The predicted molar refractivity (Wildman–Crippen MR) is 116 cm³/mol. The van der Waals surface area contributed by atoms with E-state index in [4.69, 9.17) is 11.6 Å². The van der Waals surface area contributed by atoms with E-state index in [-0.39, 0.29) is 11.3 Å². The molecule has 0 saturated heterocycles. The Kier molecular flexibility index (Phi) is 6.46. The molecule has 0 fully saturated rings. The van der Waals surface area contributed by atoms with Crippen molar-refractivity contribution in [3.05, 3.63) is 98.6 Å². The van der Waals surface area contributed by atoms with Crippen LogP contribution in [-0.2, 0) is 13.0 Å². The molecule has 0 aromatic heterocycles. The zero-order valence-electron chi connectivity index (χ0n) is 15.8. The topological polar surface area (TPSA) is 84.3 Å². The van der Waals surface area contributed by atoms with Crippen LogP contribution in [-0.4, -0.2) is 10.8 Å². The van der Waals surface area contributed by atoms with Crippen molar-refractivity contribution in [3.8, 4) is 0 Å². The fourth-order valence-electron chi connectivity index (χ4n) is 2.95. The number of nitrogens with one attached hydrogen (secondary N) is 2. The zero-order chi connectivity index (χ0) is 20.8. The van der Waals surface area contributed by atoms with Gasteiger partial charge in [-0.05, 0) is 41.8 Å². The van der Waals surface area contributed by atoms with E-state index < -0.39 is 10.8 Å². The van der Waals surface area contributed by atoms with Gasteiger partial charge in [-0.3, -0.25) is 14.9 Å². The summed E-state index contributed by atoms with van der Waals surface area (Å²) in [4.78, 5) is 23.7. The minimum atomic E-state index is -0.508. The van der Waals surface area contributed by atoms with Crippen LogP contribution in [0, 0.1) is 10.1 Å². The van der Waals surface area contributed by atoms with Gasteiger partial charge < -0.3 is 10.6 Å². The molecule has 0 saturated carbocycles. The predicted octanol–water partition coefficient (Wildman–Crippen LogP) is 5.68. The first-order valence-electron chi connectivity index (χ1n) is 9.14. The highest BCUT2D eigenvalue weighted by molar-refractivity contribution is 6.31. The Balaban J connectivity index is 1.81. The molecule has 3 rings (SSSR count). The summed E-state index contributed by atoms with van der Waals surface area (Å²) < 4.78 is 0. The number of nitro groups is 1. The van der Waals surface area contributed by atoms with Crippen molar-refractivity contribution >= 4 is 34.6 Å². The van der Waals surface area contributed by atoms with Crippen molar-refractivity contribution in [2.75, 3.05) is 10.6 Å². The number of hydrogen-bond acceptors (Lipinski definition) is 4. The molecule has 0 aliphatic rings. The number of anilines is 2. The Labute approximate surface area is 173 Å². The molecule has 1 amide bonds. The Morgan fingerprint density at radius 3 is 2.38 bits per heavy atom. The lowest BCUT2D eigenvalue weighted by Gasteiger charge is -2.11. The van der Waals surface area contributed by atoms with Gasteiger partial charge in [0.1, 0.15) is 5.69 Å². The molecule has 3 aromatic rings. The first-order valence-corrected chi connectivity index (χ1v) is 9.52. The summed E-state index contributed by atoms with van der Waals surface area (Å²) in [6, 6.07) is 19.1. The molecule has 2 N–H and O–H groups in total. The molecule has 0 bridgehead atoms. The lowest BCUT2D eigenvalue weighted by Crippen LogP contribution is -2.14. The molecule has 0 aliphatic heterocycles. The third-order valence-electron chi connectivity index (χ3n) is 4.53. The summed E-state index contributed by atoms with van der Waals surface area (Å²) in [5.41, 5.74) is 2.87. The van der Waals surface area contributed by atoms with E-state index in [0.717, 1.165) is 17.5 Å². The Bertz CT molecular complexity index is 1050. The highest BCUT2D eigenvalue weighted by atomic mass is 35.5. The normalized spacial score (nSPS) is 10.4. The molecule has 0 unspecified atom stereocenters. The number of hydrogen-bond donors (Lipinski definition) is 2. The third kappa shape index (κ3) is 4.92. The number of para-hydroxylation sites is 1. The zero-order valence-corrected chi connectivity index (χ0v) is 16.6. The van der Waals surface area contributed by atoms with E-state index in [2.05, 4.69) is 10.6 Å². The van der Waals surface area contributed by atoms with Crippen LogP contribution in [0.15, 0.2) is 66.7 Å². The van der Waals surface area contributed by atoms with E-state index >= 15 is 0 Å². The van der Waals surface area contributed by atoms with Crippen LogP contribution in [0.4, 0.5) is 17.1 Å². The number of aryl methyl sites for hydroxylation is 1. The summed E-state index contributed by atoms with van der Waals surface area (Å²) in [7, 11) is 0. The van der Waals surface area contributed by atoms with E-state index in [1.807, 2.05) is 49.4 Å². The van der Waals surface area contributed by atoms with Gasteiger partial charge in [-0.25, -0.2) is 0 Å². The van der Waals surface area contributed by atoms with Gasteiger partial charge in [0.05, 0.1) is 4.92 Å². The number of benzene rings is 3. The van der Waals surface area contributed by atoms with Gasteiger partial charge in [-0.1, -0.05) is 54.9 Å². The first kappa shape index (κ1) is 20.4. The lowest BCUT2D eigenvalue weighted by molar-refractivity contribution is -0.384. The van der Waals surface area contributed by atoms with Crippen LogP contribution in [0.3, 0.4) is 0 Å². The average molecular weight is 410 g/mol. The molecule has 0 aliphatic carbocycles. The second kappa shape index (κ2) is 9.21. The van der Waals surface area contributed by atoms with Gasteiger partial charge in [-0.15, -0.1) is 0 Å². The highest BCUT2D eigenvalue weighted by Crippen LogP contribution is 2.28. The quantitative estimate of drug-likeness (QED) is 0.388. The summed E-state index contributed by atoms with van der Waals surface area (Å²) in [6.07, 6.45) is 0.765. The van der Waals surface area contributed by atoms with Gasteiger partial charge in [0.25, 0.3) is 11.6 Å². The minimum Gasteiger partial charge on any atom is -0.375 e. The molecule has 3 aromatic carbocycles. The van der Waals surface area contributed by atoms with Crippen molar-refractivity contribution in [1.29, 1.82) is 0 Å². The Morgan fingerprint density at radius 2 is 1.69 bits per heavy atom. The molecule has 6 nitrogen and oxygen atoms in total. The molecule has 0 atom stereocenters. The van der Waals surface area contributed by atoms with Crippen LogP contribution < -0.4 is 10.6 Å². The van der Waals surface area contributed by atoms with Crippen molar-refractivity contribution in [2.24, 2.45) is 0 Å². The second-order valence-corrected chi connectivity index (χ2v) is 6.81. The molecule has 29 heavy (non-hydrogen) atoms. The number of carbonyl (C=O) groups excluding carboxylic acids is 1. The second-order valence-electron chi connectivity index (χ2n) is 6.40. The lowest BCUT2D eigenvalue weighted by atomic mass is 10.1. The smallest absolute Gasteiger partial charge is 0.293 e. The maximum absolute atomic E-state index is 12.6. The van der Waals surface area contributed by atoms with Gasteiger partial charge in [0, 0.05) is 28.9 Å². The van der Waals surface area contributed by atoms with Gasteiger partial charge >= 0.3 is 0 Å². The molecule has 0 spiro atoms. The Hall–Kier alpha value is -3.38. The fraction of sp³-hybridized carbons (Fsp3) is 0.136. The van der Waals surface area contributed by atoms with Crippen LogP contribution in [0.5, 0.6) is 0 Å². The largest absolute Gasteiger partial charge is 0.375 e. The summed E-state index contributed by atoms with van der Waals surface area (Å²) in [5.74, 6) is -0.397. The number of rotatable bonds is 7. The van der Waals surface area contributed by atoms with Gasteiger partial charge in [0.2, 0.25) is 0 Å². The Morgan fingerprint density at radius 1 is 1.00 bits per heavy atom. The summed E-state index contributed by atoms with van der Waals surface area (Å²) in [6.45, 7) is 2.32. The maximum atomic E-state index is 12.6. The summed E-state index contributed by atoms with van der Waals surface area (Å²) in [5, 5.41) is 18.0. The minimum absolute atomic E-state index is 0.173. The van der Waals surface area contributed by atoms with Crippen LogP contribution in [0.25, 0.3) is 0 Å². The summed E-state index contributed by atoms with van der Waals surface area (Å²) >= 11 is 6.13. The van der Waals surface area contributed by atoms with Crippen LogP contribution in [0.1, 0.15) is 28.4 Å². The van der Waals surface area contributed by atoms with Crippen molar-refractivity contribution in [3.63, 3.8) is 0 Å². The van der Waals surface area contributed by atoms with Crippen molar-refractivity contribution < 1.29 is 9.72 Å². The van der Waals surface area contributed by atoms with Gasteiger partial charge in [0.15, 0.2) is 0 Å². The van der Waals surface area contributed by atoms with E-state index in [9.17, 15) is 14.9 Å². The van der Waals surface area contributed by atoms with E-state index in [1.54, 1.807) is 12.1 Å². The van der Waals surface area contributed by atoms with Crippen LogP contribution in [0.2, 0.25) is 5.02 Å². The number of amides is 1. The van der Waals surface area contributed by atoms with E-state index in [0.29, 0.717) is 22.9 Å². The monoisotopic (exact) mass is 409 g/mol. The molecule has 7 heteroatoms. The fourth-order valence-corrected chi connectivity index (χ4v) is 3.15. The molecule has 148 valence electrons. The molecule has 0 radical (unpaired) electrons. The highest BCUT2D eigenvalue weighted by Gasteiger charge is 2.18. The number of halogens is 1. The van der Waals surface area contributed by atoms with Gasteiger partial charge in [-0.2, -0.15) is 0 Å². The molecular weight excluding hydrogens is 390 g/mol. The average Bonchev–Trinajstić information content (AvgIpc) is 2.73. The SMILES string of the molecule is CCc1ccccc1NC(=O)c1ccc(NCc2ccccc2Cl)c([N+](=O)[O-])c1. The third-order valence-corrected chi connectivity index (χ3v) is 4.90. The van der Waals surface area contributed by atoms with Crippen molar-refractivity contribution in [2.45, 2.75) is 19.9 Å². The number of nitro benzene ring substituents is 1. The molecular formula is C22H20ClN3O3. The standard InChI is InChI=1S/C22H20ClN3O3/c1-2-15-7-4-6-10-19(15)25-22(27)16-11-12-20(21(13-16)26(28)29)24-14-17-8-3-5-9-18(17)23/h3-13,24H,2,14H2,1H3,(H,25,27). The molecule has 0 heterocycles. The van der Waals surface area contributed by atoms with Crippen molar-refractivity contribution in [1.82, 2.24) is 0 Å². The van der Waals surface area contributed by atoms with Crippen LogP contribution >= 0.6 is 11.6 Å². The van der Waals surface area contributed by atoms with E-state index in [1.165, 1.54) is 12.1 Å². The number of carbonyl (C=O) groups is 1.